The van der Waals surface area contributed by atoms with Gasteiger partial charge in [0.05, 0.1) is 19.1 Å². The first-order valence-corrected chi connectivity index (χ1v) is 22.7. The molecule has 0 spiro atoms. The summed E-state index contributed by atoms with van der Waals surface area (Å²) in [7, 11) is -2.59. The molecule has 0 bridgehead atoms. The number of nitrogens with zero attached hydrogens (tertiary/aromatic N) is 2. The summed E-state index contributed by atoms with van der Waals surface area (Å²) in [6.07, 6.45) is 21.1. The molecule has 10 atom stereocenters. The van der Waals surface area contributed by atoms with Crippen molar-refractivity contribution in [3.8, 4) is 6.07 Å². The van der Waals surface area contributed by atoms with Crippen LogP contribution in [-0.4, -0.2) is 48.1 Å². The van der Waals surface area contributed by atoms with Crippen molar-refractivity contribution in [3.63, 3.8) is 0 Å². The predicted molar refractivity (Wildman–Crippen MR) is 211 cm³/mol. The standard InChI is InChI=1S/C43H76N3O3P/c1-11-14-36(45-30-47)23-28-49-50(48-27-13-26-44,46(32(4)5)33(6)7)37-21-24-42(9)35(29-37)17-18-38-40-20-19-39(34(8)16-12-15-31(2)3)43(40,10)25-22-41(38)42/h17,30-34,36-41H,11-16,18-25,27-29H2,1-10H3/p+1/t34-,36?,37?,38?,39-,40?,41?,42+,43-,50?/m1/s1. The molecule has 1 N–H and O–H groups in total. The van der Waals surface area contributed by atoms with Gasteiger partial charge >= 0.3 is 7.87 Å². The smallest absolute Gasteiger partial charge is 0.352 e. The molecule has 1 amide bonds. The zero-order valence-corrected chi connectivity index (χ0v) is 34.9. The number of amides is 1. The first-order valence-electron chi connectivity index (χ1n) is 21.0. The van der Waals surface area contributed by atoms with Gasteiger partial charge in [-0.05, 0) is 132 Å². The van der Waals surface area contributed by atoms with Crippen molar-refractivity contribution < 1.29 is 13.8 Å². The number of carbonyl (C=O) groups is 1. The normalized spacial score (nSPS) is 33.3. The summed E-state index contributed by atoms with van der Waals surface area (Å²) in [5, 5.41) is 12.6. The minimum absolute atomic E-state index is 0.105. The number of carbonyl (C=O) groups excluding carboxylic acids is 1. The number of nitrogens with one attached hydrogen (secondary N) is 1. The molecule has 0 aromatic carbocycles. The quantitative estimate of drug-likeness (QED) is 0.0588. The van der Waals surface area contributed by atoms with E-state index in [9.17, 15) is 10.1 Å². The van der Waals surface area contributed by atoms with Gasteiger partial charge in [-0.15, -0.1) is 4.67 Å². The zero-order chi connectivity index (χ0) is 36.7. The van der Waals surface area contributed by atoms with E-state index in [1.807, 2.05) is 0 Å². The monoisotopic (exact) mass is 715 g/mol. The van der Waals surface area contributed by atoms with Gasteiger partial charge in [0.2, 0.25) is 6.41 Å². The SMILES string of the molecule is CCCC(CCO[P+](OCCC#N)(C1CC[C@@]2(C)C(=CCC3C2CC[C@@]2(C)C3CC[C@@H]2[C@H](C)CCCC(C)C)C1)N(C(C)C)C(C)C)NC=O. The van der Waals surface area contributed by atoms with Crippen molar-refractivity contribution in [3.05, 3.63) is 11.6 Å². The minimum atomic E-state index is -2.59. The van der Waals surface area contributed by atoms with Crippen LogP contribution < -0.4 is 5.32 Å². The number of rotatable bonds is 20. The van der Waals surface area contributed by atoms with Crippen LogP contribution in [-0.2, 0) is 13.8 Å². The summed E-state index contributed by atoms with van der Waals surface area (Å²) in [4.78, 5) is 11.4. The number of fused-ring (bicyclic) bond motifs is 5. The molecular formula is C43H77N3O3P+. The lowest BCUT2D eigenvalue weighted by Crippen LogP contribution is -2.52. The van der Waals surface area contributed by atoms with E-state index in [2.05, 4.69) is 91.4 Å². The zero-order valence-electron chi connectivity index (χ0n) is 34.0. The maximum absolute atomic E-state index is 11.4. The topological polar surface area (TPSA) is 74.6 Å². The van der Waals surface area contributed by atoms with E-state index in [1.165, 1.54) is 57.8 Å². The Hall–Kier alpha value is -0.990. The molecule has 0 radical (unpaired) electrons. The Morgan fingerprint density at radius 2 is 1.68 bits per heavy atom. The molecular weight excluding hydrogens is 637 g/mol. The van der Waals surface area contributed by atoms with Crippen LogP contribution in [0.2, 0.25) is 0 Å². The molecule has 4 rings (SSSR count). The number of nitriles is 1. The Morgan fingerprint density at radius 3 is 2.32 bits per heavy atom. The second-order valence-electron chi connectivity index (χ2n) is 18.5. The fraction of sp³-hybridized carbons (Fsp3) is 0.907. The van der Waals surface area contributed by atoms with Crippen molar-refractivity contribution >= 4 is 14.3 Å². The summed E-state index contributed by atoms with van der Waals surface area (Å²) in [5.41, 5.74) is 2.71. The highest BCUT2D eigenvalue weighted by Crippen LogP contribution is 2.75. The maximum atomic E-state index is 11.4. The first-order chi connectivity index (χ1) is 23.8. The van der Waals surface area contributed by atoms with E-state index in [0.29, 0.717) is 25.0 Å². The number of hydrogen-bond acceptors (Lipinski definition) is 5. The summed E-state index contributed by atoms with van der Waals surface area (Å²) in [5.74, 6) is 5.01. The molecule has 0 aromatic rings. The maximum Gasteiger partial charge on any atom is 0.352 e. The van der Waals surface area contributed by atoms with E-state index in [1.54, 1.807) is 5.57 Å². The summed E-state index contributed by atoms with van der Waals surface area (Å²) >= 11 is 0. The highest BCUT2D eigenvalue weighted by molar-refractivity contribution is 7.65. The Morgan fingerprint density at radius 1 is 0.960 bits per heavy atom. The molecule has 3 fully saturated rings. The van der Waals surface area contributed by atoms with Gasteiger partial charge in [0.1, 0.15) is 12.3 Å². The molecule has 4 aliphatic rings. The molecule has 7 heteroatoms. The van der Waals surface area contributed by atoms with E-state index < -0.39 is 7.87 Å². The van der Waals surface area contributed by atoms with E-state index in [-0.39, 0.29) is 29.2 Å². The van der Waals surface area contributed by atoms with Crippen LogP contribution in [0.15, 0.2) is 11.6 Å². The Bertz CT molecular complexity index is 1140. The lowest BCUT2D eigenvalue weighted by atomic mass is 9.47. The van der Waals surface area contributed by atoms with E-state index in [4.69, 9.17) is 9.05 Å². The van der Waals surface area contributed by atoms with Gasteiger partial charge in [-0.2, -0.15) is 14.3 Å². The molecule has 6 nitrogen and oxygen atoms in total. The van der Waals surface area contributed by atoms with Gasteiger partial charge in [0, 0.05) is 24.5 Å². The van der Waals surface area contributed by atoms with E-state index in [0.717, 1.165) is 74.0 Å². The Kier molecular flexibility index (Phi) is 15.3. The molecule has 0 heterocycles. The summed E-state index contributed by atoms with van der Waals surface area (Å²) < 4.78 is 16.8. The average Bonchev–Trinajstić information content (AvgIpc) is 3.41. The second kappa shape index (κ2) is 18.4. The fourth-order valence-corrected chi connectivity index (χ4v) is 16.1. The van der Waals surface area contributed by atoms with Crippen LogP contribution in [0.25, 0.3) is 0 Å². The van der Waals surface area contributed by atoms with Crippen molar-refractivity contribution in [2.24, 2.45) is 46.3 Å². The molecule has 0 aromatic heterocycles. The third-order valence-electron chi connectivity index (χ3n) is 14.3. The summed E-state index contributed by atoms with van der Waals surface area (Å²) in [6.45, 7) is 24.9. The van der Waals surface area contributed by atoms with Gasteiger partial charge in [0.15, 0.2) is 0 Å². The molecule has 6 unspecified atom stereocenters. The van der Waals surface area contributed by atoms with Crippen molar-refractivity contribution in [1.82, 2.24) is 9.99 Å². The largest absolute Gasteiger partial charge is 0.356 e. The van der Waals surface area contributed by atoms with Crippen LogP contribution in [0.5, 0.6) is 0 Å². The van der Waals surface area contributed by atoms with Gasteiger partial charge < -0.3 is 5.32 Å². The first kappa shape index (κ1) is 41.8. The average molecular weight is 715 g/mol. The molecule has 3 saturated carbocycles. The molecule has 50 heavy (non-hydrogen) atoms. The lowest BCUT2D eigenvalue weighted by Gasteiger charge is -2.59. The third kappa shape index (κ3) is 8.86. The van der Waals surface area contributed by atoms with E-state index >= 15 is 0 Å². The molecule has 286 valence electrons. The highest BCUT2D eigenvalue weighted by atomic mass is 31.2. The van der Waals surface area contributed by atoms with Crippen LogP contribution in [0.1, 0.15) is 166 Å². The molecule has 0 saturated heterocycles. The van der Waals surface area contributed by atoms with Gasteiger partial charge in [-0.3, -0.25) is 4.79 Å². The van der Waals surface area contributed by atoms with Crippen LogP contribution >= 0.6 is 7.87 Å². The number of allylic oxidation sites excluding steroid dienone is 2. The lowest BCUT2D eigenvalue weighted by molar-refractivity contribution is -0.110. The Balaban J connectivity index is 1.59. The molecule has 0 aliphatic heterocycles. The second-order valence-corrected chi connectivity index (χ2v) is 21.3. The van der Waals surface area contributed by atoms with Crippen molar-refractivity contribution in [2.45, 2.75) is 189 Å². The van der Waals surface area contributed by atoms with Crippen molar-refractivity contribution in [1.29, 1.82) is 5.26 Å². The van der Waals surface area contributed by atoms with Gasteiger partial charge in [-0.25, -0.2) is 0 Å². The van der Waals surface area contributed by atoms with Gasteiger partial charge in [-0.1, -0.05) is 78.9 Å². The summed E-state index contributed by atoms with van der Waals surface area (Å²) in [6, 6.07) is 2.94. The van der Waals surface area contributed by atoms with Crippen LogP contribution in [0, 0.1) is 57.7 Å². The van der Waals surface area contributed by atoms with Crippen molar-refractivity contribution in [2.75, 3.05) is 13.2 Å². The van der Waals surface area contributed by atoms with Crippen LogP contribution in [0.4, 0.5) is 0 Å². The Labute approximate surface area is 309 Å². The third-order valence-corrected chi connectivity index (χ3v) is 18.3. The predicted octanol–water partition coefficient (Wildman–Crippen LogP) is 11.5. The minimum Gasteiger partial charge on any atom is -0.356 e. The van der Waals surface area contributed by atoms with Gasteiger partial charge in [0.25, 0.3) is 0 Å². The van der Waals surface area contributed by atoms with Crippen LogP contribution in [0.3, 0.4) is 0 Å². The fourth-order valence-electron chi connectivity index (χ4n) is 12.1. The highest BCUT2D eigenvalue weighted by Gasteiger charge is 2.64. The molecule has 4 aliphatic carbocycles. The number of hydrogen-bond donors (Lipinski definition) is 1.